The van der Waals surface area contributed by atoms with Gasteiger partial charge >= 0.3 is 0 Å². The highest BCUT2D eigenvalue weighted by Gasteiger charge is 2.44. The largest absolute Gasteiger partial charge is 0.353 e. The Morgan fingerprint density at radius 1 is 1.24 bits per heavy atom. The Bertz CT molecular complexity index is 951. The van der Waals surface area contributed by atoms with Gasteiger partial charge in [-0.05, 0) is 63.5 Å². The standard InChI is InChI=1S/C24H32F2N6O/c1-4-31(16-17(3)32(5-2)22(29)9-7-19(28)15-27)23(33)10-13-30-24(11-12-24)18-6-8-20(25)21(26)14-18/h6-9,14,17,28-30H,4-5,10-13,16H2,1-3H3/b9-7-,28-19?,29-22?. The molecule has 33 heavy (non-hydrogen) atoms. The Balaban J connectivity index is 1.90. The minimum absolute atomic E-state index is 0.0256. The van der Waals surface area contributed by atoms with Crippen molar-refractivity contribution in [2.75, 3.05) is 26.2 Å². The van der Waals surface area contributed by atoms with E-state index in [0.29, 0.717) is 31.7 Å². The second-order valence-electron chi connectivity index (χ2n) is 8.20. The van der Waals surface area contributed by atoms with Gasteiger partial charge in [-0.1, -0.05) is 6.07 Å². The van der Waals surface area contributed by atoms with E-state index in [1.807, 2.05) is 20.8 Å². The molecule has 1 aromatic carbocycles. The summed E-state index contributed by atoms with van der Waals surface area (Å²) < 4.78 is 26.8. The van der Waals surface area contributed by atoms with Crippen LogP contribution in [0.15, 0.2) is 30.4 Å². The quantitative estimate of drug-likeness (QED) is 0.329. The molecule has 0 radical (unpaired) electrons. The van der Waals surface area contributed by atoms with E-state index < -0.39 is 17.2 Å². The number of hydrogen-bond acceptors (Lipinski definition) is 5. The summed E-state index contributed by atoms with van der Waals surface area (Å²) >= 11 is 0. The van der Waals surface area contributed by atoms with Gasteiger partial charge in [-0.3, -0.25) is 15.6 Å². The Labute approximate surface area is 194 Å². The van der Waals surface area contributed by atoms with Gasteiger partial charge in [-0.2, -0.15) is 5.26 Å². The van der Waals surface area contributed by atoms with Crippen molar-refractivity contribution in [2.24, 2.45) is 0 Å². The molecule has 0 aromatic heterocycles. The summed E-state index contributed by atoms with van der Waals surface area (Å²) in [6, 6.07) is 5.51. The van der Waals surface area contributed by atoms with Crippen molar-refractivity contribution in [3.8, 4) is 6.07 Å². The molecule has 7 nitrogen and oxygen atoms in total. The van der Waals surface area contributed by atoms with Crippen LogP contribution in [0.1, 0.15) is 45.6 Å². The zero-order valence-corrected chi connectivity index (χ0v) is 19.4. The molecular weight excluding hydrogens is 426 g/mol. The van der Waals surface area contributed by atoms with E-state index >= 15 is 0 Å². The maximum atomic E-state index is 13.6. The van der Waals surface area contributed by atoms with Gasteiger partial charge in [0.2, 0.25) is 5.91 Å². The molecule has 9 heteroatoms. The molecule has 0 saturated heterocycles. The Hall–Kier alpha value is -3.12. The van der Waals surface area contributed by atoms with Crippen LogP contribution in [0.4, 0.5) is 8.78 Å². The monoisotopic (exact) mass is 458 g/mol. The molecule has 2 rings (SSSR count). The molecule has 1 aliphatic carbocycles. The summed E-state index contributed by atoms with van der Waals surface area (Å²) in [6.45, 7) is 7.67. The van der Waals surface area contributed by atoms with Crippen molar-refractivity contribution in [3.05, 3.63) is 47.5 Å². The molecular formula is C24H32F2N6O. The summed E-state index contributed by atoms with van der Waals surface area (Å²) in [6.07, 6.45) is 4.60. The van der Waals surface area contributed by atoms with Gasteiger partial charge in [-0.25, -0.2) is 8.78 Å². The van der Waals surface area contributed by atoms with E-state index in [2.05, 4.69) is 5.32 Å². The van der Waals surface area contributed by atoms with Crippen LogP contribution in [0.5, 0.6) is 0 Å². The number of benzene rings is 1. The van der Waals surface area contributed by atoms with Crippen LogP contribution in [-0.4, -0.2) is 59.5 Å². The average Bonchev–Trinajstić information content (AvgIpc) is 3.58. The lowest BCUT2D eigenvalue weighted by atomic mass is 10.0. The topological polar surface area (TPSA) is 107 Å². The fraction of sp³-hybridized carbons (Fsp3) is 0.500. The van der Waals surface area contributed by atoms with Crippen molar-refractivity contribution < 1.29 is 13.6 Å². The average molecular weight is 459 g/mol. The number of carbonyl (C=O) groups is 1. The molecule has 0 heterocycles. The molecule has 1 saturated carbocycles. The lowest BCUT2D eigenvalue weighted by molar-refractivity contribution is -0.131. The van der Waals surface area contributed by atoms with Gasteiger partial charge in [0.05, 0.1) is 0 Å². The van der Waals surface area contributed by atoms with Crippen molar-refractivity contribution in [1.82, 2.24) is 15.1 Å². The smallest absolute Gasteiger partial charge is 0.223 e. The number of amides is 1. The zero-order valence-electron chi connectivity index (χ0n) is 19.4. The maximum absolute atomic E-state index is 13.6. The van der Waals surface area contributed by atoms with E-state index in [-0.39, 0.29) is 29.9 Å². The lowest BCUT2D eigenvalue weighted by Gasteiger charge is -2.33. The van der Waals surface area contributed by atoms with E-state index in [1.165, 1.54) is 18.2 Å². The van der Waals surface area contributed by atoms with Crippen molar-refractivity contribution in [3.63, 3.8) is 0 Å². The third-order valence-electron chi connectivity index (χ3n) is 5.95. The number of likely N-dealkylation sites (N-methyl/N-ethyl adjacent to an activating group) is 2. The second kappa shape index (κ2) is 11.7. The van der Waals surface area contributed by atoms with Crippen molar-refractivity contribution in [1.29, 1.82) is 16.1 Å². The number of nitrogens with one attached hydrogen (secondary N) is 3. The first kappa shape index (κ1) is 26.1. The van der Waals surface area contributed by atoms with Gasteiger partial charge in [0, 0.05) is 44.2 Å². The normalized spacial score (nSPS) is 15.0. The number of rotatable bonds is 12. The molecule has 1 unspecified atom stereocenters. The van der Waals surface area contributed by atoms with E-state index in [0.717, 1.165) is 18.9 Å². The van der Waals surface area contributed by atoms with Gasteiger partial charge in [-0.15, -0.1) is 0 Å². The fourth-order valence-electron chi connectivity index (χ4n) is 3.89. The van der Waals surface area contributed by atoms with Crippen LogP contribution in [0.25, 0.3) is 0 Å². The van der Waals surface area contributed by atoms with E-state index in [1.54, 1.807) is 21.9 Å². The third-order valence-corrected chi connectivity index (χ3v) is 5.95. The summed E-state index contributed by atoms with van der Waals surface area (Å²) in [5.74, 6) is -1.58. The molecule has 0 aliphatic heterocycles. The summed E-state index contributed by atoms with van der Waals surface area (Å²) in [4.78, 5) is 16.4. The number of carbonyl (C=O) groups excluding carboxylic acids is 1. The number of amidine groups is 1. The Morgan fingerprint density at radius 3 is 2.48 bits per heavy atom. The fourth-order valence-corrected chi connectivity index (χ4v) is 3.89. The molecule has 0 bridgehead atoms. The first-order chi connectivity index (χ1) is 15.7. The SMILES string of the molecule is CCN(CC(C)N(CC)C(=N)/C=C\C(=N)C#N)C(=O)CCNC1(c2ccc(F)c(F)c2)CC1. The molecule has 178 valence electrons. The van der Waals surface area contributed by atoms with Crippen molar-refractivity contribution in [2.45, 2.75) is 51.6 Å². The molecule has 3 N–H and O–H groups in total. The van der Waals surface area contributed by atoms with Crippen LogP contribution in [-0.2, 0) is 10.3 Å². The highest BCUT2D eigenvalue weighted by Crippen LogP contribution is 2.45. The number of halogens is 2. The van der Waals surface area contributed by atoms with Crippen molar-refractivity contribution >= 4 is 17.5 Å². The molecule has 1 fully saturated rings. The summed E-state index contributed by atoms with van der Waals surface area (Å²) in [5.41, 5.74) is 0.0825. The molecule has 1 aliphatic rings. The first-order valence-electron chi connectivity index (χ1n) is 11.2. The van der Waals surface area contributed by atoms with Gasteiger partial charge in [0.25, 0.3) is 0 Å². The third kappa shape index (κ3) is 6.93. The van der Waals surface area contributed by atoms with Crippen LogP contribution in [0, 0.1) is 33.8 Å². The number of allylic oxidation sites excluding steroid dienone is 1. The van der Waals surface area contributed by atoms with Crippen LogP contribution in [0.2, 0.25) is 0 Å². The highest BCUT2D eigenvalue weighted by atomic mass is 19.2. The van der Waals surface area contributed by atoms with Gasteiger partial charge < -0.3 is 15.1 Å². The number of nitriles is 1. The predicted molar refractivity (Wildman–Crippen MR) is 124 cm³/mol. The minimum Gasteiger partial charge on any atom is -0.353 e. The minimum atomic E-state index is -0.870. The summed E-state index contributed by atoms with van der Waals surface area (Å²) in [7, 11) is 0. The first-order valence-corrected chi connectivity index (χ1v) is 11.2. The zero-order chi connectivity index (χ0) is 24.6. The van der Waals surface area contributed by atoms with E-state index in [4.69, 9.17) is 16.1 Å². The summed E-state index contributed by atoms with van der Waals surface area (Å²) in [5, 5.41) is 27.6. The van der Waals surface area contributed by atoms with E-state index in [9.17, 15) is 13.6 Å². The molecule has 1 amide bonds. The number of nitrogens with zero attached hydrogens (tertiary/aromatic N) is 3. The second-order valence-corrected chi connectivity index (χ2v) is 8.20. The highest BCUT2D eigenvalue weighted by molar-refractivity contribution is 6.08. The van der Waals surface area contributed by atoms with Gasteiger partial charge in [0.15, 0.2) is 11.6 Å². The van der Waals surface area contributed by atoms with Gasteiger partial charge in [0.1, 0.15) is 17.6 Å². The Kier molecular flexibility index (Phi) is 9.23. The van der Waals surface area contributed by atoms with Crippen LogP contribution >= 0.6 is 0 Å². The Morgan fingerprint density at radius 2 is 1.94 bits per heavy atom. The maximum Gasteiger partial charge on any atom is 0.223 e. The molecule has 1 atom stereocenters. The molecule has 1 aromatic rings. The number of hydrogen-bond donors (Lipinski definition) is 3. The van der Waals surface area contributed by atoms with Crippen LogP contribution < -0.4 is 5.32 Å². The lowest BCUT2D eigenvalue weighted by Crippen LogP contribution is -2.47. The van der Waals surface area contributed by atoms with Crippen LogP contribution in [0.3, 0.4) is 0 Å². The molecule has 0 spiro atoms. The predicted octanol–water partition coefficient (Wildman–Crippen LogP) is 3.57.